The number of hydrogen-bond donors (Lipinski definition) is 2. The molecule has 6 heteroatoms. The van der Waals surface area contributed by atoms with Gasteiger partial charge in [-0.3, -0.25) is 4.79 Å². The molecular weight excluding hydrogens is 284 g/mol. The van der Waals surface area contributed by atoms with Gasteiger partial charge in [0.05, 0.1) is 6.61 Å². The topological polar surface area (TPSA) is 80.6 Å². The van der Waals surface area contributed by atoms with E-state index in [1.165, 1.54) is 0 Å². The van der Waals surface area contributed by atoms with Crippen molar-refractivity contribution in [1.82, 2.24) is 9.88 Å². The average Bonchev–Trinajstić information content (AvgIpc) is 3.13. The fraction of sp³-hybridized carbons (Fsp3) is 0.375. The average molecular weight is 302 g/mol. The van der Waals surface area contributed by atoms with Crippen molar-refractivity contribution in [2.24, 2.45) is 0 Å². The minimum atomic E-state index is -1.27. The zero-order valence-corrected chi connectivity index (χ0v) is 12.1. The molecule has 1 fully saturated rings. The number of rotatable bonds is 5. The van der Waals surface area contributed by atoms with Gasteiger partial charge >= 0.3 is 5.97 Å². The van der Waals surface area contributed by atoms with Crippen molar-refractivity contribution >= 4 is 22.8 Å². The first-order valence-corrected chi connectivity index (χ1v) is 7.27. The monoisotopic (exact) mass is 302 g/mol. The van der Waals surface area contributed by atoms with Gasteiger partial charge in [0.25, 0.3) is 0 Å². The van der Waals surface area contributed by atoms with E-state index in [0.717, 1.165) is 10.9 Å². The van der Waals surface area contributed by atoms with E-state index in [9.17, 15) is 14.7 Å². The van der Waals surface area contributed by atoms with Crippen molar-refractivity contribution in [1.29, 1.82) is 0 Å². The third-order valence-corrected chi connectivity index (χ3v) is 4.07. The molecule has 1 aliphatic rings. The Morgan fingerprint density at radius 1 is 1.32 bits per heavy atom. The molecule has 1 aliphatic heterocycles. The van der Waals surface area contributed by atoms with Gasteiger partial charge in [-0.25, -0.2) is 4.79 Å². The largest absolute Gasteiger partial charge is 0.479 e. The zero-order chi connectivity index (χ0) is 15.6. The minimum absolute atomic E-state index is 0.0283. The van der Waals surface area contributed by atoms with E-state index in [-0.39, 0.29) is 18.9 Å². The number of carboxylic acid groups (broad SMARTS) is 1. The molecule has 2 aromatic rings. The van der Waals surface area contributed by atoms with E-state index in [1.54, 1.807) is 0 Å². The fourth-order valence-electron chi connectivity index (χ4n) is 2.77. The number of para-hydroxylation sites is 1. The van der Waals surface area contributed by atoms with Crippen LogP contribution < -0.4 is 5.32 Å². The standard InChI is InChI=1S/C16H18N2O4/c19-14(17-16(15(20)21)7-10-22-11-16)6-9-18-8-5-12-3-1-2-4-13(12)18/h1-5,8H,6-7,9-11H2,(H,17,19)(H,20,21). The van der Waals surface area contributed by atoms with Gasteiger partial charge in [-0.1, -0.05) is 18.2 Å². The lowest BCUT2D eigenvalue weighted by Gasteiger charge is -2.23. The Bertz CT molecular complexity index is 701. The molecule has 0 radical (unpaired) electrons. The number of aromatic nitrogens is 1. The Morgan fingerprint density at radius 3 is 2.86 bits per heavy atom. The van der Waals surface area contributed by atoms with Crippen molar-refractivity contribution in [2.45, 2.75) is 24.9 Å². The normalized spacial score (nSPS) is 21.1. The number of carbonyl (C=O) groups is 2. The number of carbonyl (C=O) groups excluding carboxylic acids is 1. The number of nitrogens with one attached hydrogen (secondary N) is 1. The molecule has 116 valence electrons. The molecule has 1 unspecified atom stereocenters. The summed E-state index contributed by atoms with van der Waals surface area (Å²) in [6, 6.07) is 9.93. The molecule has 0 aliphatic carbocycles. The Labute approximate surface area is 127 Å². The maximum Gasteiger partial charge on any atom is 0.331 e. The lowest BCUT2D eigenvalue weighted by Crippen LogP contribution is -2.55. The summed E-state index contributed by atoms with van der Waals surface area (Å²) < 4.78 is 7.12. The lowest BCUT2D eigenvalue weighted by molar-refractivity contribution is -0.147. The lowest BCUT2D eigenvalue weighted by atomic mass is 9.99. The molecule has 22 heavy (non-hydrogen) atoms. The third-order valence-electron chi connectivity index (χ3n) is 4.07. The first-order valence-electron chi connectivity index (χ1n) is 7.27. The van der Waals surface area contributed by atoms with Gasteiger partial charge in [-0.15, -0.1) is 0 Å². The van der Waals surface area contributed by atoms with Gasteiger partial charge in [-0.2, -0.15) is 0 Å². The van der Waals surface area contributed by atoms with Crippen LogP contribution in [0.5, 0.6) is 0 Å². The van der Waals surface area contributed by atoms with Crippen molar-refractivity contribution < 1.29 is 19.4 Å². The molecule has 1 atom stereocenters. The van der Waals surface area contributed by atoms with Crippen LogP contribution in [0.1, 0.15) is 12.8 Å². The smallest absolute Gasteiger partial charge is 0.331 e. The summed E-state index contributed by atoms with van der Waals surface area (Å²) in [6.45, 7) is 0.894. The predicted octanol–water partition coefficient (Wildman–Crippen LogP) is 1.39. The molecule has 6 nitrogen and oxygen atoms in total. The highest BCUT2D eigenvalue weighted by Gasteiger charge is 2.43. The molecule has 2 heterocycles. The number of nitrogens with zero attached hydrogens (tertiary/aromatic N) is 1. The number of amides is 1. The summed E-state index contributed by atoms with van der Waals surface area (Å²) in [5.74, 6) is -1.31. The van der Waals surface area contributed by atoms with Gasteiger partial charge in [0.15, 0.2) is 5.54 Å². The number of aryl methyl sites for hydroxylation is 1. The zero-order valence-electron chi connectivity index (χ0n) is 12.1. The second-order valence-electron chi connectivity index (χ2n) is 5.56. The van der Waals surface area contributed by atoms with E-state index in [4.69, 9.17) is 4.74 Å². The van der Waals surface area contributed by atoms with Gasteiger partial charge < -0.3 is 19.7 Å². The first-order chi connectivity index (χ1) is 10.6. The summed E-state index contributed by atoms with van der Waals surface area (Å²) >= 11 is 0. The van der Waals surface area contributed by atoms with Crippen LogP contribution in [-0.2, 0) is 20.9 Å². The maximum absolute atomic E-state index is 12.1. The Balaban J connectivity index is 1.64. The molecule has 0 spiro atoms. The minimum Gasteiger partial charge on any atom is -0.479 e. The number of benzene rings is 1. The number of carboxylic acids is 1. The van der Waals surface area contributed by atoms with Crippen LogP contribution in [0.4, 0.5) is 0 Å². The molecule has 1 saturated heterocycles. The second-order valence-corrected chi connectivity index (χ2v) is 5.56. The van der Waals surface area contributed by atoms with Crippen LogP contribution in [0.25, 0.3) is 10.9 Å². The number of aliphatic carboxylic acids is 1. The van der Waals surface area contributed by atoms with Crippen molar-refractivity contribution in [2.75, 3.05) is 13.2 Å². The molecular formula is C16H18N2O4. The molecule has 1 amide bonds. The molecule has 0 bridgehead atoms. The third kappa shape index (κ3) is 2.69. The Hall–Kier alpha value is -2.34. The molecule has 3 rings (SSSR count). The first kappa shape index (κ1) is 14.6. The van der Waals surface area contributed by atoms with Gasteiger partial charge in [0.2, 0.25) is 5.91 Å². The van der Waals surface area contributed by atoms with Crippen molar-refractivity contribution in [3.63, 3.8) is 0 Å². The van der Waals surface area contributed by atoms with Crippen molar-refractivity contribution in [3.05, 3.63) is 36.5 Å². The molecule has 1 aromatic carbocycles. The molecule has 1 aromatic heterocycles. The quantitative estimate of drug-likeness (QED) is 0.874. The number of fused-ring (bicyclic) bond motifs is 1. The van der Waals surface area contributed by atoms with Crippen LogP contribution in [0, 0.1) is 0 Å². The van der Waals surface area contributed by atoms with Crippen LogP contribution in [-0.4, -0.2) is 40.3 Å². The molecule has 0 saturated carbocycles. The Morgan fingerprint density at radius 2 is 2.14 bits per heavy atom. The fourth-order valence-corrected chi connectivity index (χ4v) is 2.77. The maximum atomic E-state index is 12.1. The molecule has 2 N–H and O–H groups in total. The number of hydrogen-bond acceptors (Lipinski definition) is 3. The summed E-state index contributed by atoms with van der Waals surface area (Å²) in [5.41, 5.74) is -0.206. The van der Waals surface area contributed by atoms with E-state index in [1.807, 2.05) is 41.1 Å². The second kappa shape index (κ2) is 5.81. The highest BCUT2D eigenvalue weighted by atomic mass is 16.5. The predicted molar refractivity (Wildman–Crippen MR) is 80.5 cm³/mol. The van der Waals surface area contributed by atoms with E-state index in [0.29, 0.717) is 19.6 Å². The van der Waals surface area contributed by atoms with Crippen LogP contribution in [0.3, 0.4) is 0 Å². The van der Waals surface area contributed by atoms with Crippen molar-refractivity contribution in [3.8, 4) is 0 Å². The van der Waals surface area contributed by atoms with Gasteiger partial charge in [0.1, 0.15) is 0 Å². The Kier molecular flexibility index (Phi) is 3.85. The van der Waals surface area contributed by atoms with E-state index < -0.39 is 11.5 Å². The van der Waals surface area contributed by atoms with Gasteiger partial charge in [0, 0.05) is 37.7 Å². The SMILES string of the molecule is O=C(CCn1ccc2ccccc21)NC1(C(=O)O)CCOC1. The number of ether oxygens (including phenoxy) is 1. The summed E-state index contributed by atoms with van der Waals surface area (Å²) in [7, 11) is 0. The van der Waals surface area contributed by atoms with E-state index >= 15 is 0 Å². The highest BCUT2D eigenvalue weighted by Crippen LogP contribution is 2.20. The van der Waals surface area contributed by atoms with Crippen LogP contribution in [0.15, 0.2) is 36.5 Å². The van der Waals surface area contributed by atoms with Crippen LogP contribution >= 0.6 is 0 Å². The van der Waals surface area contributed by atoms with E-state index in [2.05, 4.69) is 5.32 Å². The highest BCUT2D eigenvalue weighted by molar-refractivity contribution is 5.87. The summed E-state index contributed by atoms with van der Waals surface area (Å²) in [6.07, 6.45) is 2.47. The van der Waals surface area contributed by atoms with Crippen LogP contribution in [0.2, 0.25) is 0 Å². The van der Waals surface area contributed by atoms with Gasteiger partial charge in [-0.05, 0) is 17.5 Å². The summed E-state index contributed by atoms with van der Waals surface area (Å²) in [5, 5.41) is 13.1. The summed E-state index contributed by atoms with van der Waals surface area (Å²) in [4.78, 5) is 23.5.